The number of anilines is 1. The maximum Gasteiger partial charge on any atom is 0.149 e. The number of hydrogen-bond donors (Lipinski definition) is 1. The van der Waals surface area contributed by atoms with Gasteiger partial charge in [-0.3, -0.25) is 0 Å². The predicted octanol–water partition coefficient (Wildman–Crippen LogP) is 3.69. The molecule has 1 heterocycles. The first-order valence-electron chi connectivity index (χ1n) is 7.02. The molecule has 0 amide bonds. The van der Waals surface area contributed by atoms with Crippen molar-refractivity contribution in [2.45, 2.75) is 26.4 Å². The second-order valence-corrected chi connectivity index (χ2v) is 5.07. The van der Waals surface area contributed by atoms with E-state index < -0.39 is 11.6 Å². The first-order valence-corrected chi connectivity index (χ1v) is 7.02. The van der Waals surface area contributed by atoms with Crippen LogP contribution in [0.4, 0.5) is 14.5 Å². The van der Waals surface area contributed by atoms with Gasteiger partial charge in [0.15, 0.2) is 0 Å². The van der Waals surface area contributed by atoms with E-state index in [2.05, 4.69) is 5.32 Å². The normalized spacial score (nSPS) is 10.9. The predicted molar refractivity (Wildman–Crippen MR) is 79.2 cm³/mol. The van der Waals surface area contributed by atoms with Crippen molar-refractivity contribution in [3.8, 4) is 0 Å². The zero-order chi connectivity index (χ0) is 15.2. The number of hydrogen-bond acceptors (Lipinski definition) is 3. The number of furan rings is 1. The average molecular weight is 294 g/mol. The molecule has 0 atom stereocenters. The topological polar surface area (TPSA) is 28.4 Å². The highest BCUT2D eigenvalue weighted by molar-refractivity contribution is 5.50. The summed E-state index contributed by atoms with van der Waals surface area (Å²) in [7, 11) is 1.66. The van der Waals surface area contributed by atoms with Gasteiger partial charge in [0.25, 0.3) is 0 Å². The second-order valence-electron chi connectivity index (χ2n) is 5.07. The van der Waals surface area contributed by atoms with Gasteiger partial charge >= 0.3 is 0 Å². The van der Waals surface area contributed by atoms with Crippen LogP contribution in [0.15, 0.2) is 35.1 Å². The fourth-order valence-corrected chi connectivity index (χ4v) is 2.23. The minimum atomic E-state index is -0.547. The molecule has 1 aromatic carbocycles. The van der Waals surface area contributed by atoms with Gasteiger partial charge in [-0.15, -0.1) is 0 Å². The molecule has 0 spiro atoms. The Hall–Kier alpha value is -1.88. The van der Waals surface area contributed by atoms with Crippen LogP contribution in [0, 0.1) is 11.6 Å². The van der Waals surface area contributed by atoms with Crippen molar-refractivity contribution in [3.05, 3.63) is 53.5 Å². The summed E-state index contributed by atoms with van der Waals surface area (Å²) in [5.41, 5.74) is 1.46. The van der Waals surface area contributed by atoms with Gasteiger partial charge in [-0.25, -0.2) is 8.78 Å². The van der Waals surface area contributed by atoms with Crippen molar-refractivity contribution in [1.29, 1.82) is 0 Å². The molecule has 2 aromatic rings. The van der Waals surface area contributed by atoms with Crippen LogP contribution in [-0.4, -0.2) is 13.6 Å². The molecular weight excluding hydrogens is 274 g/mol. The Balaban J connectivity index is 2.12. The van der Waals surface area contributed by atoms with Crippen LogP contribution >= 0.6 is 0 Å². The van der Waals surface area contributed by atoms with Crippen LogP contribution in [-0.2, 0) is 13.1 Å². The Labute approximate surface area is 123 Å². The SMILES string of the molecule is CCCNCc1cc(F)c(N(C)Cc2ccoc2)c(F)c1. The van der Waals surface area contributed by atoms with E-state index in [9.17, 15) is 8.78 Å². The van der Waals surface area contributed by atoms with Crippen molar-refractivity contribution in [1.82, 2.24) is 5.32 Å². The summed E-state index contributed by atoms with van der Waals surface area (Å²) in [5.74, 6) is -1.09. The quantitative estimate of drug-likeness (QED) is 0.789. The lowest BCUT2D eigenvalue weighted by atomic mass is 10.1. The molecule has 5 heteroatoms. The molecule has 3 nitrogen and oxygen atoms in total. The van der Waals surface area contributed by atoms with E-state index in [1.54, 1.807) is 30.5 Å². The van der Waals surface area contributed by atoms with E-state index in [1.165, 1.54) is 12.1 Å². The Morgan fingerprint density at radius 3 is 2.48 bits per heavy atom. The lowest BCUT2D eigenvalue weighted by Crippen LogP contribution is -2.20. The zero-order valence-electron chi connectivity index (χ0n) is 12.3. The third-order valence-electron chi connectivity index (χ3n) is 3.21. The molecule has 114 valence electrons. The first kappa shape index (κ1) is 15.5. The van der Waals surface area contributed by atoms with Crippen LogP contribution in [0.1, 0.15) is 24.5 Å². The van der Waals surface area contributed by atoms with Gasteiger partial charge in [0.2, 0.25) is 0 Å². The molecule has 0 aliphatic rings. The smallest absolute Gasteiger partial charge is 0.149 e. The summed E-state index contributed by atoms with van der Waals surface area (Å²) in [6.07, 6.45) is 4.09. The van der Waals surface area contributed by atoms with Gasteiger partial charge in [-0.1, -0.05) is 6.92 Å². The molecular formula is C16H20F2N2O. The van der Waals surface area contributed by atoms with Gasteiger partial charge in [0, 0.05) is 25.7 Å². The van der Waals surface area contributed by atoms with E-state index in [1.807, 2.05) is 6.92 Å². The van der Waals surface area contributed by atoms with Gasteiger partial charge in [0.05, 0.1) is 12.5 Å². The lowest BCUT2D eigenvalue weighted by Gasteiger charge is -2.20. The number of halogens is 2. The first-order chi connectivity index (χ1) is 10.1. The van der Waals surface area contributed by atoms with Gasteiger partial charge in [-0.2, -0.15) is 0 Å². The van der Waals surface area contributed by atoms with Crippen molar-refractivity contribution >= 4 is 5.69 Å². The van der Waals surface area contributed by atoms with Crippen LogP contribution in [0.3, 0.4) is 0 Å². The van der Waals surface area contributed by atoms with E-state index in [4.69, 9.17) is 4.42 Å². The molecule has 21 heavy (non-hydrogen) atoms. The van der Waals surface area contributed by atoms with E-state index >= 15 is 0 Å². The highest BCUT2D eigenvalue weighted by Gasteiger charge is 2.16. The molecule has 1 N–H and O–H groups in total. The van der Waals surface area contributed by atoms with Crippen molar-refractivity contribution in [3.63, 3.8) is 0 Å². The Morgan fingerprint density at radius 1 is 1.19 bits per heavy atom. The molecule has 0 saturated carbocycles. The van der Waals surface area contributed by atoms with Gasteiger partial charge in [-0.05, 0) is 36.7 Å². The van der Waals surface area contributed by atoms with E-state index in [0.717, 1.165) is 18.5 Å². The van der Waals surface area contributed by atoms with Crippen molar-refractivity contribution in [2.24, 2.45) is 0 Å². The van der Waals surface area contributed by atoms with E-state index in [-0.39, 0.29) is 5.69 Å². The van der Waals surface area contributed by atoms with Crippen molar-refractivity contribution in [2.75, 3.05) is 18.5 Å². The molecule has 2 rings (SSSR count). The maximum atomic E-state index is 14.2. The van der Waals surface area contributed by atoms with Crippen LogP contribution in [0.5, 0.6) is 0 Å². The Bertz CT molecular complexity index is 547. The van der Waals surface area contributed by atoms with Gasteiger partial charge < -0.3 is 14.6 Å². The van der Waals surface area contributed by atoms with Crippen LogP contribution in [0.25, 0.3) is 0 Å². The highest BCUT2D eigenvalue weighted by Crippen LogP contribution is 2.25. The minimum Gasteiger partial charge on any atom is -0.472 e. The van der Waals surface area contributed by atoms with E-state index in [0.29, 0.717) is 18.7 Å². The van der Waals surface area contributed by atoms with Crippen LogP contribution in [0.2, 0.25) is 0 Å². The number of benzene rings is 1. The summed E-state index contributed by atoms with van der Waals surface area (Å²) in [4.78, 5) is 1.54. The molecule has 0 saturated heterocycles. The lowest BCUT2D eigenvalue weighted by molar-refractivity contribution is 0.559. The minimum absolute atomic E-state index is 0.0181. The Kier molecular flexibility index (Phi) is 5.33. The largest absolute Gasteiger partial charge is 0.472 e. The molecule has 0 unspecified atom stereocenters. The molecule has 0 bridgehead atoms. The number of nitrogens with zero attached hydrogens (tertiary/aromatic N) is 1. The molecule has 0 fully saturated rings. The fraction of sp³-hybridized carbons (Fsp3) is 0.375. The standard InChI is InChI=1S/C16H20F2N2O/c1-3-5-19-9-13-7-14(17)16(15(18)8-13)20(2)10-12-4-6-21-11-12/h4,6-8,11,19H,3,5,9-10H2,1-2H3. The maximum absolute atomic E-state index is 14.2. The fourth-order valence-electron chi connectivity index (χ4n) is 2.23. The molecule has 1 aromatic heterocycles. The summed E-state index contributed by atoms with van der Waals surface area (Å²) in [6.45, 7) is 3.72. The van der Waals surface area contributed by atoms with Crippen LogP contribution < -0.4 is 10.2 Å². The molecule has 0 radical (unpaired) electrons. The van der Waals surface area contributed by atoms with Gasteiger partial charge in [0.1, 0.15) is 17.3 Å². The number of nitrogens with one attached hydrogen (secondary N) is 1. The second kappa shape index (κ2) is 7.22. The Morgan fingerprint density at radius 2 is 1.90 bits per heavy atom. The summed E-state index contributed by atoms with van der Waals surface area (Å²) in [5, 5.41) is 3.13. The summed E-state index contributed by atoms with van der Waals surface area (Å²) >= 11 is 0. The summed E-state index contributed by atoms with van der Waals surface area (Å²) in [6, 6.07) is 4.54. The zero-order valence-corrected chi connectivity index (χ0v) is 12.3. The third kappa shape index (κ3) is 4.04. The highest BCUT2D eigenvalue weighted by atomic mass is 19.1. The molecule has 0 aliphatic heterocycles. The molecule has 0 aliphatic carbocycles. The number of rotatable bonds is 7. The third-order valence-corrected chi connectivity index (χ3v) is 3.21. The average Bonchev–Trinajstić information content (AvgIpc) is 2.91. The monoisotopic (exact) mass is 294 g/mol. The summed E-state index contributed by atoms with van der Waals surface area (Å²) < 4.78 is 33.3. The van der Waals surface area contributed by atoms with Crippen molar-refractivity contribution < 1.29 is 13.2 Å².